The van der Waals surface area contributed by atoms with Crippen molar-refractivity contribution in [2.24, 2.45) is 0 Å². The summed E-state index contributed by atoms with van der Waals surface area (Å²) in [6, 6.07) is 9.17. The Morgan fingerprint density at radius 3 is 2.53 bits per heavy atom. The number of amides is 1. The number of anilines is 1. The van der Waals surface area contributed by atoms with Gasteiger partial charge in [0.1, 0.15) is 11.5 Å². The number of piperazine rings is 1. The number of halogens is 3. The number of alkyl halides is 3. The van der Waals surface area contributed by atoms with Crippen molar-refractivity contribution in [3.63, 3.8) is 0 Å². The first kappa shape index (κ1) is 23.2. The van der Waals surface area contributed by atoms with Gasteiger partial charge < -0.3 is 24.4 Å². The van der Waals surface area contributed by atoms with Crippen LogP contribution in [0.3, 0.4) is 0 Å². The van der Waals surface area contributed by atoms with Crippen LogP contribution in [0.2, 0.25) is 0 Å². The highest BCUT2D eigenvalue weighted by Gasteiger charge is 2.36. The molecule has 1 fully saturated rings. The molecule has 0 saturated carbocycles. The Balaban J connectivity index is 1.85. The molecule has 170 valence electrons. The number of methoxy groups -OCH3 is 2. The number of hydrogen-bond acceptors (Lipinski definition) is 6. The van der Waals surface area contributed by atoms with Crippen molar-refractivity contribution in [1.29, 1.82) is 5.26 Å². The maximum absolute atomic E-state index is 13.4. The summed E-state index contributed by atoms with van der Waals surface area (Å²) in [4.78, 5) is 16.2. The molecule has 1 amide bonds. The highest BCUT2D eigenvalue weighted by atomic mass is 19.4. The molecule has 32 heavy (non-hydrogen) atoms. The number of carbonyl (C=O) groups is 1. The van der Waals surface area contributed by atoms with E-state index in [0.29, 0.717) is 17.1 Å². The minimum atomic E-state index is -4.68. The van der Waals surface area contributed by atoms with E-state index in [4.69, 9.17) is 14.7 Å². The number of rotatable bonds is 5. The Morgan fingerprint density at radius 1 is 1.19 bits per heavy atom. The lowest BCUT2D eigenvalue weighted by Crippen LogP contribution is -2.56. The van der Waals surface area contributed by atoms with Crippen molar-refractivity contribution < 1.29 is 32.5 Å². The Labute approximate surface area is 183 Å². The zero-order valence-electron chi connectivity index (χ0n) is 17.5. The van der Waals surface area contributed by atoms with Crippen molar-refractivity contribution in [1.82, 2.24) is 4.90 Å². The van der Waals surface area contributed by atoms with Crippen LogP contribution in [0.1, 0.15) is 21.5 Å². The maximum atomic E-state index is 13.4. The molecule has 1 saturated heterocycles. The molecule has 1 aliphatic heterocycles. The van der Waals surface area contributed by atoms with Gasteiger partial charge in [-0.05, 0) is 30.3 Å². The topological polar surface area (TPSA) is 86.0 Å². The van der Waals surface area contributed by atoms with E-state index in [1.165, 1.54) is 25.2 Å². The largest absolute Gasteiger partial charge is 0.497 e. The molecule has 0 radical (unpaired) electrons. The zero-order valence-corrected chi connectivity index (χ0v) is 17.5. The first-order valence-electron chi connectivity index (χ1n) is 9.73. The molecule has 2 aromatic rings. The first-order valence-corrected chi connectivity index (χ1v) is 9.73. The van der Waals surface area contributed by atoms with Gasteiger partial charge in [-0.3, -0.25) is 4.79 Å². The fourth-order valence-corrected chi connectivity index (χ4v) is 3.72. The Morgan fingerprint density at radius 2 is 1.94 bits per heavy atom. The van der Waals surface area contributed by atoms with Gasteiger partial charge in [0.2, 0.25) is 0 Å². The second kappa shape index (κ2) is 9.36. The van der Waals surface area contributed by atoms with Gasteiger partial charge in [0.05, 0.1) is 49.6 Å². The molecular weight excluding hydrogens is 427 g/mol. The lowest BCUT2D eigenvalue weighted by atomic mass is 10.0. The number of aliphatic hydroxyl groups excluding tert-OH is 1. The molecule has 1 atom stereocenters. The molecule has 3 rings (SSSR count). The smallest absolute Gasteiger partial charge is 0.417 e. The fourth-order valence-electron chi connectivity index (χ4n) is 3.72. The molecule has 1 unspecified atom stereocenters. The summed E-state index contributed by atoms with van der Waals surface area (Å²) in [6.07, 6.45) is -4.68. The second-order valence-electron chi connectivity index (χ2n) is 7.19. The van der Waals surface area contributed by atoms with Crippen LogP contribution in [0.25, 0.3) is 0 Å². The minimum absolute atomic E-state index is 0.103. The van der Waals surface area contributed by atoms with Gasteiger partial charge in [-0.1, -0.05) is 0 Å². The van der Waals surface area contributed by atoms with Crippen LogP contribution in [-0.2, 0) is 6.18 Å². The van der Waals surface area contributed by atoms with Crippen LogP contribution in [0, 0.1) is 11.3 Å². The number of nitrogens with zero attached hydrogens (tertiary/aromatic N) is 3. The van der Waals surface area contributed by atoms with E-state index >= 15 is 0 Å². The summed E-state index contributed by atoms with van der Waals surface area (Å²) >= 11 is 0. The average Bonchev–Trinajstić information content (AvgIpc) is 2.81. The SMILES string of the molecule is COc1ccc(C(=O)N2CCN(c3ccc(C#N)c(C(F)(F)F)c3)C(CO)C2)c(OC)c1. The number of carbonyl (C=O) groups excluding carboxylic acids is 1. The average molecular weight is 449 g/mol. The van der Waals surface area contributed by atoms with Gasteiger partial charge in [-0.2, -0.15) is 18.4 Å². The van der Waals surface area contributed by atoms with Gasteiger partial charge in [-0.15, -0.1) is 0 Å². The van der Waals surface area contributed by atoms with Crippen LogP contribution < -0.4 is 14.4 Å². The van der Waals surface area contributed by atoms with E-state index in [1.54, 1.807) is 29.2 Å². The molecule has 0 bridgehead atoms. The summed E-state index contributed by atoms with van der Waals surface area (Å²) in [5.74, 6) is 0.537. The lowest BCUT2D eigenvalue weighted by molar-refractivity contribution is -0.137. The third-order valence-corrected chi connectivity index (χ3v) is 5.38. The molecule has 1 aliphatic rings. The summed E-state index contributed by atoms with van der Waals surface area (Å²) < 4.78 is 50.5. The normalized spacial score (nSPS) is 16.5. The predicted octanol–water partition coefficient (Wildman–Crippen LogP) is 2.92. The third-order valence-electron chi connectivity index (χ3n) is 5.38. The van der Waals surface area contributed by atoms with E-state index < -0.39 is 23.3 Å². The number of ether oxygens (including phenoxy) is 2. The van der Waals surface area contributed by atoms with Crippen LogP contribution >= 0.6 is 0 Å². The number of hydrogen-bond donors (Lipinski definition) is 1. The Bertz CT molecular complexity index is 1040. The maximum Gasteiger partial charge on any atom is 0.417 e. The van der Waals surface area contributed by atoms with E-state index in [9.17, 15) is 23.1 Å². The Hall–Kier alpha value is -3.45. The quantitative estimate of drug-likeness (QED) is 0.756. The van der Waals surface area contributed by atoms with Crippen LogP contribution in [-0.4, -0.2) is 62.4 Å². The van der Waals surface area contributed by atoms with Crippen molar-refractivity contribution >= 4 is 11.6 Å². The molecule has 2 aromatic carbocycles. The molecular formula is C22H22F3N3O4. The van der Waals surface area contributed by atoms with Crippen molar-refractivity contribution in [2.75, 3.05) is 45.4 Å². The van der Waals surface area contributed by atoms with Crippen molar-refractivity contribution in [3.05, 3.63) is 53.1 Å². The fraction of sp³-hybridized carbons (Fsp3) is 0.364. The summed E-state index contributed by atoms with van der Waals surface area (Å²) in [7, 11) is 2.93. The van der Waals surface area contributed by atoms with Crippen LogP contribution in [0.5, 0.6) is 11.5 Å². The summed E-state index contributed by atoms with van der Waals surface area (Å²) in [6.45, 7) is 0.168. The monoisotopic (exact) mass is 449 g/mol. The lowest BCUT2D eigenvalue weighted by Gasteiger charge is -2.42. The first-order chi connectivity index (χ1) is 15.2. The number of nitriles is 1. The van der Waals surface area contributed by atoms with Gasteiger partial charge in [0.25, 0.3) is 5.91 Å². The van der Waals surface area contributed by atoms with Crippen molar-refractivity contribution in [3.8, 4) is 17.6 Å². The summed E-state index contributed by atoms with van der Waals surface area (Å²) in [5.41, 5.74) is -0.960. The summed E-state index contributed by atoms with van der Waals surface area (Å²) in [5, 5.41) is 18.9. The second-order valence-corrected chi connectivity index (χ2v) is 7.19. The highest BCUT2D eigenvalue weighted by Crippen LogP contribution is 2.35. The molecule has 1 heterocycles. The standard InChI is InChI=1S/C22H22F3N3O4/c1-31-17-5-6-18(20(10-17)32-2)21(30)27-7-8-28(16(12-27)13-29)15-4-3-14(11-26)19(9-15)22(23,24)25/h3-6,9-10,16,29H,7-8,12-13H2,1-2H3. The zero-order chi connectivity index (χ0) is 23.5. The van der Waals surface area contributed by atoms with Crippen molar-refractivity contribution in [2.45, 2.75) is 12.2 Å². The molecule has 0 spiro atoms. The van der Waals surface area contributed by atoms with E-state index in [0.717, 1.165) is 12.1 Å². The molecule has 0 aliphatic carbocycles. The van der Waals surface area contributed by atoms with Gasteiger partial charge >= 0.3 is 6.18 Å². The highest BCUT2D eigenvalue weighted by molar-refractivity contribution is 5.97. The van der Waals surface area contributed by atoms with E-state index in [1.807, 2.05) is 0 Å². The van der Waals surface area contributed by atoms with Gasteiger partial charge in [-0.25, -0.2) is 0 Å². The molecule has 10 heteroatoms. The van der Waals surface area contributed by atoms with Gasteiger partial charge in [0, 0.05) is 31.4 Å². The predicted molar refractivity (Wildman–Crippen MR) is 110 cm³/mol. The minimum Gasteiger partial charge on any atom is -0.497 e. The van der Waals surface area contributed by atoms with Gasteiger partial charge in [0.15, 0.2) is 0 Å². The van der Waals surface area contributed by atoms with E-state index in [-0.39, 0.29) is 37.8 Å². The van der Waals surface area contributed by atoms with E-state index in [2.05, 4.69) is 0 Å². The molecule has 0 aromatic heterocycles. The van der Waals surface area contributed by atoms with Crippen LogP contribution in [0.4, 0.5) is 18.9 Å². The van der Waals surface area contributed by atoms with Crippen LogP contribution in [0.15, 0.2) is 36.4 Å². The Kier molecular flexibility index (Phi) is 6.79. The third kappa shape index (κ3) is 4.57. The number of benzene rings is 2. The molecule has 1 N–H and O–H groups in total. The molecule has 7 nitrogen and oxygen atoms in total. The number of aliphatic hydroxyl groups is 1.